The minimum Gasteiger partial charge on any atom is -0.493 e. The van der Waals surface area contributed by atoms with Gasteiger partial charge in [-0.15, -0.1) is 0 Å². The Morgan fingerprint density at radius 2 is 1.93 bits per heavy atom. The molecule has 14 heavy (non-hydrogen) atoms. The maximum Gasteiger partial charge on any atom is 0.242 e. The molecule has 0 fully saturated rings. The number of hydrogen-bond acceptors (Lipinski definition) is 2. The van der Waals surface area contributed by atoms with Crippen molar-refractivity contribution in [2.24, 2.45) is 5.73 Å². The van der Waals surface area contributed by atoms with Gasteiger partial charge in [0.15, 0.2) is 11.5 Å². The number of hydrogen-bond donors (Lipinski definition) is 2. The molecule has 0 aliphatic carbocycles. The van der Waals surface area contributed by atoms with Gasteiger partial charge in [0.25, 0.3) is 0 Å². The van der Waals surface area contributed by atoms with Crippen LogP contribution in [0, 0.1) is 0 Å². The summed E-state index contributed by atoms with van der Waals surface area (Å²) in [7, 11) is 3.19. The van der Waals surface area contributed by atoms with Gasteiger partial charge in [-0.2, -0.15) is 0 Å². The fourth-order valence-electron chi connectivity index (χ4n) is 1.23. The normalized spacial score (nSPS) is 9.57. The molecule has 0 bridgehead atoms. The first-order valence-corrected chi connectivity index (χ1v) is 4.25. The van der Waals surface area contributed by atoms with E-state index < -0.39 is 0 Å². The number of nitrogens with two attached hydrogens (primary N) is 2. The van der Waals surface area contributed by atoms with Gasteiger partial charge in [0, 0.05) is 0 Å². The fraction of sp³-hybridized carbons (Fsp3) is 0.300. The van der Waals surface area contributed by atoms with Crippen LogP contribution in [0.15, 0.2) is 18.2 Å². The highest BCUT2D eigenvalue weighted by atomic mass is 16.5. The molecule has 1 aromatic carbocycles. The predicted octanol–water partition coefficient (Wildman–Crippen LogP) is -0.637. The van der Waals surface area contributed by atoms with Crippen molar-refractivity contribution in [3.05, 3.63) is 23.8 Å². The molecule has 0 heterocycles. The maximum absolute atomic E-state index is 5.41. The van der Waals surface area contributed by atoms with Crippen molar-refractivity contribution in [2.45, 2.75) is 6.42 Å². The van der Waals surface area contributed by atoms with Crippen molar-refractivity contribution in [3.63, 3.8) is 0 Å². The topological polar surface area (TPSA) is 70.1 Å². The Balaban J connectivity index is 2.95. The second-order valence-corrected chi connectivity index (χ2v) is 2.94. The average Bonchev–Trinajstić information content (AvgIpc) is 2.16. The third-order valence-corrected chi connectivity index (χ3v) is 1.86. The van der Waals surface area contributed by atoms with Crippen LogP contribution < -0.4 is 20.6 Å². The molecule has 0 unspecified atom stereocenters. The van der Waals surface area contributed by atoms with E-state index in [1.807, 2.05) is 18.2 Å². The van der Waals surface area contributed by atoms with Gasteiger partial charge < -0.3 is 9.47 Å². The maximum atomic E-state index is 5.41. The Kier molecular flexibility index (Phi) is 3.34. The van der Waals surface area contributed by atoms with Crippen LogP contribution in [-0.4, -0.2) is 20.1 Å². The minimum atomic E-state index is 0.386. The Bertz CT molecular complexity index is 337. The smallest absolute Gasteiger partial charge is 0.242 e. The van der Waals surface area contributed by atoms with Crippen LogP contribution in [0.1, 0.15) is 5.56 Å². The molecule has 0 amide bonds. The van der Waals surface area contributed by atoms with E-state index in [0.717, 1.165) is 5.56 Å². The van der Waals surface area contributed by atoms with E-state index in [1.165, 1.54) is 0 Å². The molecule has 1 aromatic rings. The molecule has 0 saturated heterocycles. The van der Waals surface area contributed by atoms with Gasteiger partial charge in [-0.25, -0.2) is 0 Å². The summed E-state index contributed by atoms with van der Waals surface area (Å²) in [6, 6.07) is 5.59. The second kappa shape index (κ2) is 4.50. The number of amidine groups is 1. The van der Waals surface area contributed by atoms with Gasteiger partial charge >= 0.3 is 0 Å². The molecule has 0 aromatic heterocycles. The molecular weight excluding hydrogens is 180 g/mol. The largest absolute Gasteiger partial charge is 0.493 e. The molecule has 0 radical (unpaired) electrons. The summed E-state index contributed by atoms with van der Waals surface area (Å²) in [5.74, 6) is 1.77. The molecule has 0 atom stereocenters. The first kappa shape index (κ1) is 10.4. The Labute approximate surface area is 83.1 Å². The molecule has 4 nitrogen and oxygen atoms in total. The number of ether oxygens (including phenoxy) is 2. The molecule has 0 aliphatic heterocycles. The molecule has 4 heteroatoms. The molecule has 4 N–H and O–H groups in total. The zero-order valence-corrected chi connectivity index (χ0v) is 8.41. The lowest BCUT2D eigenvalue weighted by atomic mass is 10.1. The first-order valence-electron chi connectivity index (χ1n) is 4.25. The first-order chi connectivity index (χ1) is 6.67. The highest BCUT2D eigenvalue weighted by Gasteiger charge is 2.06. The van der Waals surface area contributed by atoms with Crippen molar-refractivity contribution in [3.8, 4) is 11.5 Å². The lowest BCUT2D eigenvalue weighted by molar-refractivity contribution is -0.117. The van der Waals surface area contributed by atoms with Crippen LogP contribution in [0.5, 0.6) is 11.5 Å². The van der Waals surface area contributed by atoms with Crippen molar-refractivity contribution in [2.75, 3.05) is 14.2 Å². The van der Waals surface area contributed by atoms with Crippen LogP contribution in [-0.2, 0) is 6.42 Å². The van der Waals surface area contributed by atoms with E-state index in [4.69, 9.17) is 20.6 Å². The highest BCUT2D eigenvalue weighted by molar-refractivity contribution is 5.76. The molecule has 0 spiro atoms. The van der Waals surface area contributed by atoms with Gasteiger partial charge in [0.2, 0.25) is 5.84 Å². The fourth-order valence-corrected chi connectivity index (χ4v) is 1.23. The van der Waals surface area contributed by atoms with Crippen molar-refractivity contribution in [1.82, 2.24) is 0 Å². The number of benzene rings is 1. The summed E-state index contributed by atoms with van der Waals surface area (Å²) in [5, 5.41) is 5.41. The molecular formula is C10H15N2O2+. The van der Waals surface area contributed by atoms with Gasteiger partial charge in [-0.05, 0) is 17.7 Å². The van der Waals surface area contributed by atoms with E-state index in [1.54, 1.807) is 14.2 Å². The van der Waals surface area contributed by atoms with E-state index in [9.17, 15) is 0 Å². The van der Waals surface area contributed by atoms with Crippen LogP contribution in [0.3, 0.4) is 0 Å². The highest BCUT2D eigenvalue weighted by Crippen LogP contribution is 2.27. The quantitative estimate of drug-likeness (QED) is 0.496. The van der Waals surface area contributed by atoms with Crippen molar-refractivity contribution >= 4 is 5.84 Å². The number of methoxy groups -OCH3 is 2. The predicted molar refractivity (Wildman–Crippen MR) is 54.4 cm³/mol. The minimum absolute atomic E-state index is 0.386. The van der Waals surface area contributed by atoms with Crippen LogP contribution in [0.2, 0.25) is 0 Å². The van der Waals surface area contributed by atoms with Crippen LogP contribution >= 0.6 is 0 Å². The molecule has 0 saturated carbocycles. The zero-order chi connectivity index (χ0) is 10.6. The van der Waals surface area contributed by atoms with Crippen LogP contribution in [0.25, 0.3) is 0 Å². The van der Waals surface area contributed by atoms with E-state index in [-0.39, 0.29) is 0 Å². The molecule has 1 rings (SSSR count). The van der Waals surface area contributed by atoms with E-state index in [0.29, 0.717) is 23.8 Å². The van der Waals surface area contributed by atoms with Gasteiger partial charge in [0.05, 0.1) is 20.6 Å². The average molecular weight is 195 g/mol. The summed E-state index contributed by atoms with van der Waals surface area (Å²) in [6.07, 6.45) is 0.542. The SMILES string of the molecule is COc1ccc(CC(N)=[NH2+])cc1OC. The third kappa shape index (κ3) is 2.39. The molecule has 76 valence electrons. The second-order valence-electron chi connectivity index (χ2n) is 2.94. The third-order valence-electron chi connectivity index (χ3n) is 1.86. The Morgan fingerprint density at radius 3 is 2.43 bits per heavy atom. The zero-order valence-electron chi connectivity index (χ0n) is 8.41. The Morgan fingerprint density at radius 1 is 1.29 bits per heavy atom. The standard InChI is InChI=1S/C10H14N2O2/c1-13-8-4-3-7(6-10(11)12)5-9(8)14-2/h3-5H,6H2,1-2H3,(H3,11,12)/p+1. The summed E-state index contributed by atoms with van der Waals surface area (Å²) >= 11 is 0. The summed E-state index contributed by atoms with van der Waals surface area (Å²) in [5.41, 5.74) is 6.41. The van der Waals surface area contributed by atoms with Gasteiger partial charge in [-0.1, -0.05) is 6.07 Å². The van der Waals surface area contributed by atoms with Crippen molar-refractivity contribution in [1.29, 1.82) is 0 Å². The number of rotatable bonds is 4. The summed E-state index contributed by atoms with van der Waals surface area (Å²) < 4.78 is 10.2. The van der Waals surface area contributed by atoms with E-state index in [2.05, 4.69) is 0 Å². The summed E-state index contributed by atoms with van der Waals surface area (Å²) in [4.78, 5) is 0. The summed E-state index contributed by atoms with van der Waals surface area (Å²) in [6.45, 7) is 0. The van der Waals surface area contributed by atoms with Crippen molar-refractivity contribution < 1.29 is 14.9 Å². The molecule has 0 aliphatic rings. The Hall–Kier alpha value is -1.71. The van der Waals surface area contributed by atoms with E-state index >= 15 is 0 Å². The lowest BCUT2D eigenvalue weighted by Gasteiger charge is -2.08. The van der Waals surface area contributed by atoms with Crippen LogP contribution in [0.4, 0.5) is 0 Å². The van der Waals surface area contributed by atoms with Gasteiger partial charge in [-0.3, -0.25) is 11.1 Å². The monoisotopic (exact) mass is 195 g/mol. The lowest BCUT2D eigenvalue weighted by Crippen LogP contribution is -2.46. The van der Waals surface area contributed by atoms with Gasteiger partial charge in [0.1, 0.15) is 0 Å².